The molecule has 1 amide bonds. The molecule has 1 atom stereocenters. The van der Waals surface area contributed by atoms with E-state index in [-0.39, 0.29) is 5.69 Å². The van der Waals surface area contributed by atoms with E-state index < -0.39 is 23.6 Å². The highest BCUT2D eigenvalue weighted by Gasteiger charge is 2.16. The van der Waals surface area contributed by atoms with Gasteiger partial charge in [0.2, 0.25) is 0 Å². The van der Waals surface area contributed by atoms with Crippen LogP contribution in [0.2, 0.25) is 5.02 Å². The Bertz CT molecular complexity index is 726. The summed E-state index contributed by atoms with van der Waals surface area (Å²) < 4.78 is 31.6. The summed E-state index contributed by atoms with van der Waals surface area (Å²) in [6.07, 6.45) is -0.817. The number of hydrogen-bond donors (Lipinski definition) is 1. The van der Waals surface area contributed by atoms with Crippen molar-refractivity contribution in [2.45, 2.75) is 26.9 Å². The number of amides is 1. The molecule has 0 fully saturated rings. The zero-order valence-electron chi connectivity index (χ0n) is 12.9. The van der Waals surface area contributed by atoms with Gasteiger partial charge in [-0.1, -0.05) is 11.6 Å². The SMILES string of the molecule is Cc1cc(O[C@H](C)C(=O)Nc2ccc(F)c(F)c2)cc(C)c1Cl. The zero-order valence-corrected chi connectivity index (χ0v) is 13.7. The molecule has 122 valence electrons. The molecule has 1 N–H and O–H groups in total. The maximum atomic E-state index is 13.1. The molecule has 0 bridgehead atoms. The first-order valence-corrected chi connectivity index (χ1v) is 7.35. The minimum absolute atomic E-state index is 0.160. The molecule has 2 rings (SSSR count). The monoisotopic (exact) mass is 339 g/mol. The van der Waals surface area contributed by atoms with Crippen LogP contribution < -0.4 is 10.1 Å². The van der Waals surface area contributed by atoms with Crippen molar-refractivity contribution in [1.29, 1.82) is 0 Å². The van der Waals surface area contributed by atoms with E-state index in [9.17, 15) is 13.6 Å². The van der Waals surface area contributed by atoms with Gasteiger partial charge in [-0.05, 0) is 56.2 Å². The smallest absolute Gasteiger partial charge is 0.265 e. The van der Waals surface area contributed by atoms with Gasteiger partial charge in [0.25, 0.3) is 5.91 Å². The van der Waals surface area contributed by atoms with Crippen LogP contribution in [0.5, 0.6) is 5.75 Å². The number of hydrogen-bond acceptors (Lipinski definition) is 2. The van der Waals surface area contributed by atoms with Gasteiger partial charge in [0.15, 0.2) is 17.7 Å². The first kappa shape index (κ1) is 17.2. The molecule has 0 aromatic heterocycles. The number of halogens is 3. The van der Waals surface area contributed by atoms with E-state index >= 15 is 0 Å². The number of benzene rings is 2. The molecule has 0 spiro atoms. The standard InChI is InChI=1S/C17H16ClF2NO2/c1-9-6-13(7-10(2)16(9)18)23-11(3)17(22)21-12-4-5-14(19)15(20)8-12/h4-8,11H,1-3H3,(H,21,22)/t11-/m1/s1. The Morgan fingerprint density at radius 2 is 1.74 bits per heavy atom. The summed E-state index contributed by atoms with van der Waals surface area (Å²) in [5, 5.41) is 3.12. The lowest BCUT2D eigenvalue weighted by Gasteiger charge is -2.16. The number of nitrogens with one attached hydrogen (secondary N) is 1. The fourth-order valence-electron chi connectivity index (χ4n) is 2.05. The molecule has 0 unspecified atom stereocenters. The molecule has 0 aliphatic carbocycles. The van der Waals surface area contributed by atoms with Crippen LogP contribution in [0.3, 0.4) is 0 Å². The normalized spacial score (nSPS) is 11.9. The molecule has 23 heavy (non-hydrogen) atoms. The summed E-state index contributed by atoms with van der Waals surface area (Å²) >= 11 is 6.08. The van der Waals surface area contributed by atoms with E-state index in [1.807, 2.05) is 13.8 Å². The fourth-order valence-corrected chi connectivity index (χ4v) is 2.16. The predicted octanol–water partition coefficient (Wildman–Crippen LogP) is 4.64. The van der Waals surface area contributed by atoms with Crippen molar-refractivity contribution >= 4 is 23.2 Å². The van der Waals surface area contributed by atoms with Gasteiger partial charge in [0.05, 0.1) is 0 Å². The van der Waals surface area contributed by atoms with Gasteiger partial charge in [0.1, 0.15) is 5.75 Å². The number of rotatable bonds is 4. The molecule has 0 radical (unpaired) electrons. The van der Waals surface area contributed by atoms with E-state index in [0.717, 1.165) is 23.3 Å². The summed E-state index contributed by atoms with van der Waals surface area (Å²) in [5.41, 5.74) is 1.84. The van der Waals surface area contributed by atoms with Crippen molar-refractivity contribution in [2.24, 2.45) is 0 Å². The Balaban J connectivity index is 2.06. The van der Waals surface area contributed by atoms with E-state index in [1.165, 1.54) is 6.07 Å². The highest BCUT2D eigenvalue weighted by atomic mass is 35.5. The largest absolute Gasteiger partial charge is 0.481 e. The second-order valence-corrected chi connectivity index (χ2v) is 5.63. The van der Waals surface area contributed by atoms with Crippen molar-refractivity contribution in [2.75, 3.05) is 5.32 Å². The Morgan fingerprint density at radius 1 is 1.13 bits per heavy atom. The maximum Gasteiger partial charge on any atom is 0.265 e. The Labute approximate surface area is 138 Å². The van der Waals surface area contributed by atoms with Crippen LogP contribution >= 0.6 is 11.6 Å². The number of anilines is 1. The molecule has 2 aromatic carbocycles. The molecule has 3 nitrogen and oxygen atoms in total. The number of carbonyl (C=O) groups is 1. The zero-order chi connectivity index (χ0) is 17.1. The van der Waals surface area contributed by atoms with Gasteiger partial charge in [-0.2, -0.15) is 0 Å². The summed E-state index contributed by atoms with van der Waals surface area (Å²) in [4.78, 5) is 12.1. The molecular formula is C17H16ClF2NO2. The molecule has 0 saturated carbocycles. The highest BCUT2D eigenvalue weighted by molar-refractivity contribution is 6.32. The summed E-state index contributed by atoms with van der Waals surface area (Å²) in [6, 6.07) is 6.60. The van der Waals surface area contributed by atoms with E-state index in [1.54, 1.807) is 19.1 Å². The Kier molecular flexibility index (Phi) is 5.21. The molecule has 0 saturated heterocycles. The van der Waals surface area contributed by atoms with E-state index in [0.29, 0.717) is 10.8 Å². The Hall–Kier alpha value is -2.14. The van der Waals surface area contributed by atoms with Crippen molar-refractivity contribution in [1.82, 2.24) is 0 Å². The van der Waals surface area contributed by atoms with Crippen molar-refractivity contribution < 1.29 is 18.3 Å². The topological polar surface area (TPSA) is 38.3 Å². The molecule has 0 aliphatic heterocycles. The lowest BCUT2D eigenvalue weighted by Crippen LogP contribution is -2.30. The van der Waals surface area contributed by atoms with Crippen molar-refractivity contribution in [3.8, 4) is 5.75 Å². The number of aryl methyl sites for hydroxylation is 2. The van der Waals surface area contributed by atoms with Gasteiger partial charge in [-0.3, -0.25) is 4.79 Å². The van der Waals surface area contributed by atoms with E-state index in [2.05, 4.69) is 5.32 Å². The second-order valence-electron chi connectivity index (χ2n) is 5.25. The quantitative estimate of drug-likeness (QED) is 0.881. The molecule has 0 aliphatic rings. The van der Waals surface area contributed by atoms with Gasteiger partial charge < -0.3 is 10.1 Å². The summed E-state index contributed by atoms with van der Waals surface area (Å²) in [6.45, 7) is 5.25. The molecule has 6 heteroatoms. The lowest BCUT2D eigenvalue weighted by molar-refractivity contribution is -0.122. The highest BCUT2D eigenvalue weighted by Crippen LogP contribution is 2.26. The lowest BCUT2D eigenvalue weighted by atomic mass is 10.1. The molecule has 0 heterocycles. The average Bonchev–Trinajstić information content (AvgIpc) is 2.48. The van der Waals surface area contributed by atoms with Crippen LogP contribution in [0, 0.1) is 25.5 Å². The van der Waals surface area contributed by atoms with E-state index in [4.69, 9.17) is 16.3 Å². The minimum atomic E-state index is -1.03. The predicted molar refractivity (Wildman–Crippen MR) is 86.0 cm³/mol. The Morgan fingerprint density at radius 3 is 2.30 bits per heavy atom. The summed E-state index contributed by atoms with van der Waals surface area (Å²) in [7, 11) is 0. The first-order chi connectivity index (χ1) is 10.8. The number of ether oxygens (including phenoxy) is 1. The third-order valence-electron chi connectivity index (χ3n) is 3.28. The van der Waals surface area contributed by atoms with Crippen LogP contribution in [-0.4, -0.2) is 12.0 Å². The van der Waals surface area contributed by atoms with Gasteiger partial charge in [0, 0.05) is 16.8 Å². The van der Waals surface area contributed by atoms with Crippen molar-refractivity contribution in [3.05, 3.63) is 58.1 Å². The number of carbonyl (C=O) groups excluding carboxylic acids is 1. The van der Waals surface area contributed by atoms with Gasteiger partial charge >= 0.3 is 0 Å². The van der Waals surface area contributed by atoms with Crippen LogP contribution in [-0.2, 0) is 4.79 Å². The average molecular weight is 340 g/mol. The van der Waals surface area contributed by atoms with Crippen LogP contribution in [0.1, 0.15) is 18.1 Å². The minimum Gasteiger partial charge on any atom is -0.481 e. The fraction of sp³-hybridized carbons (Fsp3) is 0.235. The third kappa shape index (κ3) is 4.20. The van der Waals surface area contributed by atoms with Crippen LogP contribution in [0.25, 0.3) is 0 Å². The molecular weight excluding hydrogens is 324 g/mol. The summed E-state index contributed by atoms with van der Waals surface area (Å²) in [5.74, 6) is -1.96. The maximum absolute atomic E-state index is 13.1. The molecule has 2 aromatic rings. The van der Waals surface area contributed by atoms with Gasteiger partial charge in [-0.15, -0.1) is 0 Å². The van der Waals surface area contributed by atoms with Crippen molar-refractivity contribution in [3.63, 3.8) is 0 Å². The first-order valence-electron chi connectivity index (χ1n) is 6.97. The van der Waals surface area contributed by atoms with Gasteiger partial charge in [-0.25, -0.2) is 8.78 Å². The van der Waals surface area contributed by atoms with Crippen LogP contribution in [0.15, 0.2) is 30.3 Å². The van der Waals surface area contributed by atoms with Crippen LogP contribution in [0.4, 0.5) is 14.5 Å². The second kappa shape index (κ2) is 6.96. The third-order valence-corrected chi connectivity index (χ3v) is 3.88.